The molecule has 5 heteroatoms. The maximum Gasteiger partial charge on any atom is 0.315 e. The topological polar surface area (TPSA) is 57.5 Å². The molecule has 3 aromatic carbocycles. The molecule has 4 aromatic rings. The van der Waals surface area contributed by atoms with Gasteiger partial charge in [0.15, 0.2) is 5.76 Å². The third-order valence-electron chi connectivity index (χ3n) is 5.81. The molecule has 0 amide bonds. The Kier molecular flexibility index (Phi) is 5.31. The SMILES string of the molecule is CCn1cc(/C=C2\Oc3cc(OC(=O)Cc4ccccc4)cc(C)c3C2=O)c2ccccc21. The first-order valence-electron chi connectivity index (χ1n) is 10.9. The fraction of sp³-hybridized carbons (Fsp3) is 0.143. The molecule has 5 nitrogen and oxygen atoms in total. The van der Waals surface area contributed by atoms with Crippen LogP contribution in [0.1, 0.15) is 34.0 Å². The summed E-state index contributed by atoms with van der Waals surface area (Å²) in [7, 11) is 0. The maximum atomic E-state index is 13.1. The molecule has 0 saturated carbocycles. The van der Waals surface area contributed by atoms with Crippen LogP contribution in [0.15, 0.2) is 78.7 Å². The Hall–Kier alpha value is -4.12. The van der Waals surface area contributed by atoms with Gasteiger partial charge in [-0.25, -0.2) is 0 Å². The Bertz CT molecular complexity index is 1410. The van der Waals surface area contributed by atoms with Gasteiger partial charge in [0, 0.05) is 35.3 Å². The summed E-state index contributed by atoms with van der Waals surface area (Å²) in [5.74, 6) is 0.502. The van der Waals surface area contributed by atoms with Crippen LogP contribution in [0.2, 0.25) is 0 Å². The molecule has 33 heavy (non-hydrogen) atoms. The van der Waals surface area contributed by atoms with E-state index in [0.29, 0.717) is 22.6 Å². The lowest BCUT2D eigenvalue weighted by Gasteiger charge is -2.08. The summed E-state index contributed by atoms with van der Waals surface area (Å²) in [5, 5.41) is 1.06. The Labute approximate surface area is 191 Å². The third-order valence-corrected chi connectivity index (χ3v) is 5.81. The van der Waals surface area contributed by atoms with Crippen molar-refractivity contribution in [3.8, 4) is 11.5 Å². The van der Waals surface area contributed by atoms with Gasteiger partial charge >= 0.3 is 5.97 Å². The van der Waals surface area contributed by atoms with E-state index >= 15 is 0 Å². The van der Waals surface area contributed by atoms with Crippen molar-refractivity contribution in [3.63, 3.8) is 0 Å². The molecule has 164 valence electrons. The predicted octanol–water partition coefficient (Wildman–Crippen LogP) is 5.73. The van der Waals surface area contributed by atoms with E-state index in [1.807, 2.05) is 61.7 Å². The number of esters is 1. The summed E-state index contributed by atoms with van der Waals surface area (Å²) >= 11 is 0. The number of fused-ring (bicyclic) bond motifs is 2. The molecule has 0 bridgehead atoms. The van der Waals surface area contributed by atoms with E-state index in [4.69, 9.17) is 9.47 Å². The second-order valence-corrected chi connectivity index (χ2v) is 8.08. The number of para-hydroxylation sites is 1. The summed E-state index contributed by atoms with van der Waals surface area (Å²) in [6, 6.07) is 20.8. The molecule has 1 aliphatic rings. The largest absolute Gasteiger partial charge is 0.452 e. The lowest BCUT2D eigenvalue weighted by atomic mass is 10.0. The van der Waals surface area contributed by atoms with Crippen molar-refractivity contribution in [1.29, 1.82) is 0 Å². The zero-order valence-electron chi connectivity index (χ0n) is 18.5. The fourth-order valence-electron chi connectivity index (χ4n) is 4.26. The molecule has 0 unspecified atom stereocenters. The van der Waals surface area contributed by atoms with Gasteiger partial charge in [0.05, 0.1) is 12.0 Å². The Morgan fingerprint density at radius 2 is 1.82 bits per heavy atom. The van der Waals surface area contributed by atoms with Gasteiger partial charge in [0.25, 0.3) is 0 Å². The van der Waals surface area contributed by atoms with E-state index in [1.165, 1.54) is 0 Å². The number of benzene rings is 3. The van der Waals surface area contributed by atoms with Crippen molar-refractivity contribution < 1.29 is 19.1 Å². The van der Waals surface area contributed by atoms with E-state index in [9.17, 15) is 9.59 Å². The van der Waals surface area contributed by atoms with Crippen molar-refractivity contribution in [2.45, 2.75) is 26.8 Å². The van der Waals surface area contributed by atoms with Crippen molar-refractivity contribution >= 4 is 28.7 Å². The monoisotopic (exact) mass is 437 g/mol. The minimum atomic E-state index is -0.368. The number of carbonyl (C=O) groups excluding carboxylic acids is 2. The van der Waals surface area contributed by atoms with Crippen LogP contribution in [0.5, 0.6) is 11.5 Å². The lowest BCUT2D eigenvalue weighted by Crippen LogP contribution is -2.11. The lowest BCUT2D eigenvalue weighted by molar-refractivity contribution is -0.133. The smallest absolute Gasteiger partial charge is 0.315 e. The number of hydrogen-bond acceptors (Lipinski definition) is 4. The number of hydrogen-bond donors (Lipinski definition) is 0. The molecule has 0 N–H and O–H groups in total. The van der Waals surface area contributed by atoms with Gasteiger partial charge in [0.1, 0.15) is 11.5 Å². The Morgan fingerprint density at radius 1 is 1.06 bits per heavy atom. The zero-order valence-corrected chi connectivity index (χ0v) is 18.5. The Balaban J connectivity index is 1.42. The minimum Gasteiger partial charge on any atom is -0.452 e. The molecule has 0 atom stereocenters. The van der Waals surface area contributed by atoms with Crippen molar-refractivity contribution in [1.82, 2.24) is 4.57 Å². The van der Waals surface area contributed by atoms with E-state index in [0.717, 1.165) is 28.6 Å². The van der Waals surface area contributed by atoms with Crippen LogP contribution in [0.4, 0.5) is 0 Å². The average molecular weight is 437 g/mol. The molecule has 5 rings (SSSR count). The highest BCUT2D eigenvalue weighted by atomic mass is 16.5. The first-order chi connectivity index (χ1) is 16.0. The average Bonchev–Trinajstić information content (AvgIpc) is 3.32. The number of rotatable bonds is 5. The molecule has 0 radical (unpaired) electrons. The predicted molar refractivity (Wildman–Crippen MR) is 128 cm³/mol. The van der Waals surface area contributed by atoms with Crippen LogP contribution in [-0.4, -0.2) is 16.3 Å². The van der Waals surface area contributed by atoms with Gasteiger partial charge in [-0.2, -0.15) is 0 Å². The Morgan fingerprint density at radius 3 is 2.61 bits per heavy atom. The molecular weight excluding hydrogens is 414 g/mol. The number of ether oxygens (including phenoxy) is 2. The maximum absolute atomic E-state index is 13.1. The third kappa shape index (κ3) is 3.94. The molecule has 1 aliphatic heterocycles. The van der Waals surface area contributed by atoms with Crippen LogP contribution in [-0.2, 0) is 17.8 Å². The summed E-state index contributed by atoms with van der Waals surface area (Å²) in [6.45, 7) is 4.73. The van der Waals surface area contributed by atoms with E-state index in [1.54, 1.807) is 18.2 Å². The van der Waals surface area contributed by atoms with Crippen LogP contribution in [0, 0.1) is 6.92 Å². The molecule has 0 fully saturated rings. The quantitative estimate of drug-likeness (QED) is 0.227. The second kappa shape index (κ2) is 8.43. The molecule has 2 heterocycles. The normalized spacial score (nSPS) is 13.9. The summed E-state index contributed by atoms with van der Waals surface area (Å²) in [6.07, 6.45) is 3.99. The molecule has 0 aliphatic carbocycles. The second-order valence-electron chi connectivity index (χ2n) is 8.08. The molecule has 0 spiro atoms. The van der Waals surface area contributed by atoms with Crippen molar-refractivity contribution in [2.24, 2.45) is 0 Å². The van der Waals surface area contributed by atoms with E-state index in [-0.39, 0.29) is 23.9 Å². The van der Waals surface area contributed by atoms with Crippen LogP contribution >= 0.6 is 0 Å². The van der Waals surface area contributed by atoms with Gasteiger partial charge in [-0.3, -0.25) is 9.59 Å². The highest BCUT2D eigenvalue weighted by Crippen LogP contribution is 2.38. The van der Waals surface area contributed by atoms with Gasteiger partial charge < -0.3 is 14.0 Å². The number of Topliss-reactive ketones (excluding diaryl/α,β-unsaturated/α-hetero) is 1. The first kappa shape index (κ1) is 20.8. The fourth-order valence-corrected chi connectivity index (χ4v) is 4.26. The number of allylic oxidation sites excluding steroid dienone is 1. The van der Waals surface area contributed by atoms with E-state index < -0.39 is 0 Å². The van der Waals surface area contributed by atoms with E-state index in [2.05, 4.69) is 17.6 Å². The highest BCUT2D eigenvalue weighted by Gasteiger charge is 2.30. The summed E-state index contributed by atoms with van der Waals surface area (Å²) < 4.78 is 13.6. The van der Waals surface area contributed by atoms with Crippen molar-refractivity contribution in [3.05, 3.63) is 101 Å². The van der Waals surface area contributed by atoms with Crippen LogP contribution < -0.4 is 9.47 Å². The molecule has 0 saturated heterocycles. The van der Waals surface area contributed by atoms with Crippen LogP contribution in [0.25, 0.3) is 17.0 Å². The van der Waals surface area contributed by atoms with Crippen LogP contribution in [0.3, 0.4) is 0 Å². The number of nitrogens with zero attached hydrogens (tertiary/aromatic N) is 1. The number of aryl methyl sites for hydroxylation is 2. The number of aromatic nitrogens is 1. The molecule has 1 aromatic heterocycles. The standard InChI is InChI=1S/C28H23NO4/c1-3-29-17-20(22-11-7-8-12-23(22)29)15-25-28(31)27-18(2)13-21(16-24(27)33-25)32-26(30)14-19-9-5-4-6-10-19/h4-13,15-17H,3,14H2,1-2H3/b25-15-. The van der Waals surface area contributed by atoms with Crippen molar-refractivity contribution in [2.75, 3.05) is 0 Å². The van der Waals surface area contributed by atoms with Gasteiger partial charge in [-0.05, 0) is 43.2 Å². The summed E-state index contributed by atoms with van der Waals surface area (Å²) in [4.78, 5) is 25.5. The number of carbonyl (C=O) groups is 2. The van der Waals surface area contributed by atoms with Gasteiger partial charge in [-0.1, -0.05) is 48.5 Å². The minimum absolute atomic E-state index is 0.169. The van der Waals surface area contributed by atoms with Gasteiger partial charge in [-0.15, -0.1) is 0 Å². The molecular formula is C28H23NO4. The van der Waals surface area contributed by atoms with Gasteiger partial charge in [0.2, 0.25) is 5.78 Å². The highest BCUT2D eigenvalue weighted by molar-refractivity contribution is 6.16. The summed E-state index contributed by atoms with van der Waals surface area (Å²) in [5.41, 5.74) is 4.13. The number of ketones is 1. The zero-order chi connectivity index (χ0) is 22.9. The first-order valence-corrected chi connectivity index (χ1v) is 10.9.